The van der Waals surface area contributed by atoms with Crippen molar-refractivity contribution < 1.29 is 19.4 Å². The van der Waals surface area contributed by atoms with Crippen molar-refractivity contribution in [1.82, 2.24) is 4.98 Å². The molecule has 1 aliphatic rings. The summed E-state index contributed by atoms with van der Waals surface area (Å²) in [5.74, 6) is -0.195. The van der Waals surface area contributed by atoms with Gasteiger partial charge in [-0.15, -0.1) is 11.3 Å². The number of fused-ring (bicyclic) bond motifs is 1. The molecule has 1 aliphatic heterocycles. The number of carboxylic acids is 1. The van der Waals surface area contributed by atoms with Crippen molar-refractivity contribution in [2.45, 2.75) is 32.5 Å². The Kier molecular flexibility index (Phi) is 7.99. The van der Waals surface area contributed by atoms with Gasteiger partial charge in [-0.3, -0.25) is 4.79 Å². The molecule has 42 heavy (non-hydrogen) atoms. The van der Waals surface area contributed by atoms with Crippen molar-refractivity contribution in [2.75, 3.05) is 23.3 Å². The van der Waals surface area contributed by atoms with Crippen LogP contribution >= 0.6 is 11.3 Å². The number of nitrogens with zero attached hydrogens (tertiary/aromatic N) is 2. The monoisotopic (exact) mass is 577 g/mol. The van der Waals surface area contributed by atoms with Crippen molar-refractivity contribution in [3.8, 4) is 11.1 Å². The van der Waals surface area contributed by atoms with Gasteiger partial charge < -0.3 is 20.1 Å². The van der Waals surface area contributed by atoms with Crippen LogP contribution < -0.4 is 10.2 Å². The zero-order chi connectivity index (χ0) is 29.1. The maximum Gasteiger partial charge on any atom is 0.335 e. The summed E-state index contributed by atoms with van der Waals surface area (Å²) in [4.78, 5) is 32.0. The van der Waals surface area contributed by atoms with E-state index in [0.29, 0.717) is 17.2 Å². The molecule has 1 fully saturated rings. The Morgan fingerprint density at radius 2 is 1.79 bits per heavy atom. The average molecular weight is 578 g/mol. The number of aryl methyl sites for hydroxylation is 1. The fraction of sp³-hybridized carbons (Fsp3) is 0.206. The predicted octanol–water partition coefficient (Wildman–Crippen LogP) is 7.41. The number of piperidine rings is 1. The summed E-state index contributed by atoms with van der Waals surface area (Å²) < 4.78 is 7.16. The van der Waals surface area contributed by atoms with Crippen LogP contribution in [0.25, 0.3) is 21.2 Å². The molecule has 7 nitrogen and oxygen atoms in total. The van der Waals surface area contributed by atoms with Gasteiger partial charge in [-0.25, -0.2) is 9.78 Å². The maximum absolute atomic E-state index is 13.2. The fourth-order valence-corrected chi connectivity index (χ4v) is 6.43. The zero-order valence-electron chi connectivity index (χ0n) is 23.2. The average Bonchev–Trinajstić information content (AvgIpc) is 3.37. The summed E-state index contributed by atoms with van der Waals surface area (Å²) in [6.45, 7) is 4.02. The molecule has 3 aromatic carbocycles. The topological polar surface area (TPSA) is 91.8 Å². The molecule has 0 unspecified atom stereocenters. The summed E-state index contributed by atoms with van der Waals surface area (Å²) in [6, 6.07) is 27.3. The number of ether oxygens (including phenoxy) is 1. The number of aromatic nitrogens is 1. The molecule has 2 N–H and O–H groups in total. The summed E-state index contributed by atoms with van der Waals surface area (Å²) in [5.41, 5.74) is 5.06. The van der Waals surface area contributed by atoms with E-state index in [1.54, 1.807) is 24.4 Å². The van der Waals surface area contributed by atoms with Gasteiger partial charge in [-0.05, 0) is 83.8 Å². The smallest absolute Gasteiger partial charge is 0.335 e. The van der Waals surface area contributed by atoms with Crippen LogP contribution in [0.3, 0.4) is 0 Å². The second-order valence-corrected chi connectivity index (χ2v) is 11.5. The normalized spacial score (nSPS) is 13.8. The lowest BCUT2D eigenvalue weighted by molar-refractivity contribution is 0.0250. The molecule has 1 amide bonds. The summed E-state index contributed by atoms with van der Waals surface area (Å²) >= 11 is 1.51. The third-order valence-corrected chi connectivity index (χ3v) is 8.95. The van der Waals surface area contributed by atoms with E-state index < -0.39 is 5.97 Å². The summed E-state index contributed by atoms with van der Waals surface area (Å²) in [6.07, 6.45) is 3.54. The van der Waals surface area contributed by atoms with Gasteiger partial charge in [-0.2, -0.15) is 0 Å². The van der Waals surface area contributed by atoms with E-state index in [1.807, 2.05) is 43.3 Å². The van der Waals surface area contributed by atoms with E-state index in [0.717, 1.165) is 64.1 Å². The largest absolute Gasteiger partial charge is 0.478 e. The SMILES string of the molecule is Cc1c(C(=O)Nc2ccc(N3CCC(OCc4cccc(C(=O)O)c4)CC3)nc2)sc2ccc(-c3ccccc3)cc12. The molecule has 212 valence electrons. The number of hydrogen-bond acceptors (Lipinski definition) is 6. The molecule has 0 aliphatic carbocycles. The number of rotatable bonds is 8. The van der Waals surface area contributed by atoms with Crippen molar-refractivity contribution in [3.63, 3.8) is 0 Å². The van der Waals surface area contributed by atoms with Gasteiger partial charge in [0.1, 0.15) is 5.82 Å². The number of nitrogens with one attached hydrogen (secondary N) is 1. The number of amides is 1. The molecule has 0 spiro atoms. The first kappa shape index (κ1) is 27.6. The third-order valence-electron chi connectivity index (χ3n) is 7.68. The molecule has 8 heteroatoms. The molecule has 2 aromatic heterocycles. The van der Waals surface area contributed by atoms with Crippen LogP contribution in [0.2, 0.25) is 0 Å². The number of pyridine rings is 1. The molecular formula is C34H31N3O4S. The highest BCUT2D eigenvalue weighted by molar-refractivity contribution is 7.21. The number of anilines is 2. The number of aromatic carboxylic acids is 1. The minimum absolute atomic E-state index is 0.113. The van der Waals surface area contributed by atoms with E-state index in [-0.39, 0.29) is 17.6 Å². The fourth-order valence-electron chi connectivity index (χ4n) is 5.34. The van der Waals surface area contributed by atoms with Gasteiger partial charge in [0.05, 0.1) is 35.0 Å². The molecule has 5 aromatic rings. The minimum Gasteiger partial charge on any atom is -0.478 e. The maximum atomic E-state index is 13.2. The van der Waals surface area contributed by atoms with Crippen molar-refractivity contribution in [1.29, 1.82) is 0 Å². The van der Waals surface area contributed by atoms with Crippen LogP contribution in [0.4, 0.5) is 11.5 Å². The van der Waals surface area contributed by atoms with Gasteiger partial charge in [0.25, 0.3) is 5.91 Å². The van der Waals surface area contributed by atoms with E-state index >= 15 is 0 Å². The number of carbonyl (C=O) groups is 2. The predicted molar refractivity (Wildman–Crippen MR) is 168 cm³/mol. The number of hydrogen-bond donors (Lipinski definition) is 2. The van der Waals surface area contributed by atoms with Crippen molar-refractivity contribution in [2.24, 2.45) is 0 Å². The van der Waals surface area contributed by atoms with Gasteiger partial charge in [0, 0.05) is 17.8 Å². The molecule has 0 saturated carbocycles. The lowest BCUT2D eigenvalue weighted by Crippen LogP contribution is -2.37. The van der Waals surface area contributed by atoms with Crippen LogP contribution in [0.15, 0.2) is 91.1 Å². The first-order valence-corrected chi connectivity index (χ1v) is 14.8. The second-order valence-electron chi connectivity index (χ2n) is 10.5. The highest BCUT2D eigenvalue weighted by Crippen LogP contribution is 2.34. The number of carbonyl (C=O) groups excluding carboxylic acids is 1. The summed E-state index contributed by atoms with van der Waals surface area (Å²) in [5, 5.41) is 13.3. The lowest BCUT2D eigenvalue weighted by atomic mass is 10.0. The third kappa shape index (κ3) is 6.05. The molecule has 1 saturated heterocycles. The van der Waals surface area contributed by atoms with Gasteiger partial charge in [-0.1, -0.05) is 48.5 Å². The Hall–Kier alpha value is -4.53. The van der Waals surface area contributed by atoms with Crippen LogP contribution in [-0.2, 0) is 11.3 Å². The lowest BCUT2D eigenvalue weighted by Gasteiger charge is -2.32. The van der Waals surface area contributed by atoms with Crippen LogP contribution in [0.5, 0.6) is 0 Å². The minimum atomic E-state index is -0.934. The molecule has 3 heterocycles. The first-order valence-electron chi connectivity index (χ1n) is 14.0. The second kappa shape index (κ2) is 12.1. The zero-order valence-corrected chi connectivity index (χ0v) is 24.1. The van der Waals surface area contributed by atoms with Gasteiger partial charge in [0.2, 0.25) is 0 Å². The Morgan fingerprint density at radius 1 is 0.976 bits per heavy atom. The van der Waals surface area contributed by atoms with E-state index in [2.05, 4.69) is 45.5 Å². The molecule has 0 radical (unpaired) electrons. The van der Waals surface area contributed by atoms with Crippen molar-refractivity contribution >= 4 is 44.8 Å². The highest BCUT2D eigenvalue weighted by atomic mass is 32.1. The van der Waals surface area contributed by atoms with Crippen LogP contribution in [0.1, 0.15) is 44.0 Å². The first-order chi connectivity index (χ1) is 20.4. The standard InChI is InChI=1S/C34H31N3O4S/c1-22-29-19-25(24-7-3-2-4-8-24)10-12-30(29)42-32(22)33(38)36-27-11-13-31(35-20-27)37-16-14-28(15-17-37)41-21-23-6-5-9-26(18-23)34(39)40/h2-13,18-20,28H,14-17,21H2,1H3,(H,36,38)(H,39,40). The number of thiophene rings is 1. The molecule has 6 rings (SSSR count). The number of carboxylic acid groups (broad SMARTS) is 1. The van der Waals surface area contributed by atoms with E-state index in [1.165, 1.54) is 11.3 Å². The number of benzene rings is 3. The Labute approximate surface area is 248 Å². The Morgan fingerprint density at radius 3 is 2.52 bits per heavy atom. The molecule has 0 atom stereocenters. The Balaban J connectivity index is 1.04. The molecular weight excluding hydrogens is 546 g/mol. The van der Waals surface area contributed by atoms with Crippen LogP contribution in [0, 0.1) is 6.92 Å². The van der Waals surface area contributed by atoms with Crippen LogP contribution in [-0.4, -0.2) is 41.2 Å². The Bertz CT molecular complexity index is 1730. The van der Waals surface area contributed by atoms with Crippen molar-refractivity contribution in [3.05, 3.63) is 113 Å². The molecule has 0 bridgehead atoms. The van der Waals surface area contributed by atoms with Gasteiger partial charge >= 0.3 is 5.97 Å². The summed E-state index contributed by atoms with van der Waals surface area (Å²) in [7, 11) is 0. The quantitative estimate of drug-likeness (QED) is 0.200. The van der Waals surface area contributed by atoms with E-state index in [4.69, 9.17) is 4.74 Å². The van der Waals surface area contributed by atoms with E-state index in [9.17, 15) is 14.7 Å². The van der Waals surface area contributed by atoms with Gasteiger partial charge in [0.15, 0.2) is 0 Å². The highest BCUT2D eigenvalue weighted by Gasteiger charge is 2.21.